The zero-order chi connectivity index (χ0) is 20.6. The van der Waals surface area contributed by atoms with Crippen molar-refractivity contribution in [2.75, 3.05) is 0 Å². The fourth-order valence-electron chi connectivity index (χ4n) is 6.63. The zero-order valence-corrected chi connectivity index (χ0v) is 17.7. The Hall–Kier alpha value is -1.49. The predicted octanol–water partition coefficient (Wildman–Crippen LogP) is 4.83. The van der Waals surface area contributed by atoms with E-state index in [0.717, 1.165) is 29.3 Å². The van der Waals surface area contributed by atoms with Gasteiger partial charge >= 0.3 is 0 Å². The van der Waals surface area contributed by atoms with Crippen LogP contribution in [-0.2, 0) is 14.4 Å². The minimum absolute atomic E-state index is 0.00573. The van der Waals surface area contributed by atoms with Gasteiger partial charge in [0.25, 0.3) is 0 Å². The molecule has 3 fully saturated rings. The van der Waals surface area contributed by atoms with Crippen LogP contribution in [0, 0.1) is 34.5 Å². The van der Waals surface area contributed by atoms with E-state index in [2.05, 4.69) is 20.4 Å². The fraction of sp³-hybridized carbons (Fsp3) is 0.609. The third-order valence-corrected chi connectivity index (χ3v) is 8.96. The highest BCUT2D eigenvalue weighted by molar-refractivity contribution is 8.17. The Balaban J connectivity index is 1.85. The van der Waals surface area contributed by atoms with Crippen LogP contribution in [0.1, 0.15) is 47.0 Å². The van der Waals surface area contributed by atoms with E-state index in [9.17, 15) is 18.8 Å². The number of hydrogen-bond donors (Lipinski definition) is 0. The molecule has 0 saturated heterocycles. The largest absolute Gasteiger partial charge is 0.296 e. The summed E-state index contributed by atoms with van der Waals surface area (Å²) in [6.45, 7) is 12.0. The molecule has 0 aliphatic heterocycles. The molecular weight excluding hydrogens is 375 g/mol. The molecule has 0 heterocycles. The SMILES string of the molecule is C=C1C2=C(SC(C)=O)C(=O)C=C[C@]2(C)[C@H]2CC[C@]3(C)C(=O)[C@H](F)C[C@H]3[C@@H]2[C@@H]1C. The average molecular weight is 403 g/mol. The maximum atomic E-state index is 14.5. The molecule has 0 aromatic carbocycles. The number of carbonyl (C=O) groups is 3. The number of fused-ring (bicyclic) bond motifs is 5. The Labute approximate surface area is 169 Å². The van der Waals surface area contributed by atoms with E-state index >= 15 is 0 Å². The maximum absolute atomic E-state index is 14.5. The lowest BCUT2D eigenvalue weighted by molar-refractivity contribution is -0.135. The summed E-state index contributed by atoms with van der Waals surface area (Å²) in [4.78, 5) is 37.5. The van der Waals surface area contributed by atoms with Crippen LogP contribution in [0.5, 0.6) is 0 Å². The highest BCUT2D eigenvalue weighted by atomic mass is 32.2. The number of allylic oxidation sites excluding steroid dienone is 5. The van der Waals surface area contributed by atoms with E-state index in [0.29, 0.717) is 17.7 Å². The van der Waals surface area contributed by atoms with Gasteiger partial charge in [-0.3, -0.25) is 14.4 Å². The molecule has 0 N–H and O–H groups in total. The molecule has 0 unspecified atom stereocenters. The van der Waals surface area contributed by atoms with E-state index in [4.69, 9.17) is 0 Å². The van der Waals surface area contributed by atoms with Crippen LogP contribution >= 0.6 is 11.8 Å². The summed E-state index contributed by atoms with van der Waals surface area (Å²) in [5, 5.41) is -0.117. The first-order valence-electron chi connectivity index (χ1n) is 10.1. The van der Waals surface area contributed by atoms with Crippen molar-refractivity contribution in [2.45, 2.75) is 53.1 Å². The number of rotatable bonds is 1. The summed E-state index contributed by atoms with van der Waals surface area (Å²) >= 11 is 0.997. The molecule has 7 atom stereocenters. The second kappa shape index (κ2) is 6.25. The van der Waals surface area contributed by atoms with Gasteiger partial charge in [0.05, 0.1) is 4.91 Å². The van der Waals surface area contributed by atoms with Crippen molar-refractivity contribution >= 4 is 28.4 Å². The summed E-state index contributed by atoms with van der Waals surface area (Å²) in [6.07, 6.45) is 3.96. The van der Waals surface area contributed by atoms with Crippen molar-refractivity contribution in [3.8, 4) is 0 Å². The number of alkyl halides is 1. The van der Waals surface area contributed by atoms with Crippen LogP contribution in [0.3, 0.4) is 0 Å². The molecule has 0 amide bonds. The number of thioether (sulfide) groups is 1. The molecule has 3 nitrogen and oxygen atoms in total. The summed E-state index contributed by atoms with van der Waals surface area (Å²) in [5.41, 5.74) is 0.735. The van der Waals surface area contributed by atoms with Gasteiger partial charge in [-0.1, -0.05) is 33.4 Å². The number of carbonyl (C=O) groups excluding carboxylic acids is 3. The Morgan fingerprint density at radius 1 is 1.29 bits per heavy atom. The van der Waals surface area contributed by atoms with E-state index in [1.54, 1.807) is 6.08 Å². The molecule has 5 heteroatoms. The first-order valence-corrected chi connectivity index (χ1v) is 10.9. The molecule has 0 bridgehead atoms. The summed E-state index contributed by atoms with van der Waals surface area (Å²) in [6, 6.07) is 0. The first-order chi connectivity index (χ1) is 13.0. The van der Waals surface area contributed by atoms with Crippen LogP contribution in [-0.4, -0.2) is 22.9 Å². The Morgan fingerprint density at radius 3 is 2.61 bits per heavy atom. The number of Topliss-reactive ketones (excluding diaryl/α,β-unsaturated/α-hetero) is 1. The molecule has 4 aliphatic carbocycles. The Morgan fingerprint density at radius 2 is 1.96 bits per heavy atom. The Kier molecular flexibility index (Phi) is 4.42. The van der Waals surface area contributed by atoms with Gasteiger partial charge in [-0.15, -0.1) is 0 Å². The van der Waals surface area contributed by atoms with Crippen molar-refractivity contribution in [3.05, 3.63) is 34.8 Å². The lowest BCUT2D eigenvalue weighted by Crippen LogP contribution is -2.53. The number of ketones is 2. The summed E-state index contributed by atoms with van der Waals surface area (Å²) in [7, 11) is 0. The average Bonchev–Trinajstić information content (AvgIpc) is 2.85. The van der Waals surface area contributed by atoms with Crippen LogP contribution < -0.4 is 0 Å². The molecule has 4 rings (SSSR count). The van der Waals surface area contributed by atoms with Crippen molar-refractivity contribution < 1.29 is 18.8 Å². The normalized spacial score (nSPS) is 45.0. The van der Waals surface area contributed by atoms with Crippen molar-refractivity contribution in [1.82, 2.24) is 0 Å². The highest BCUT2D eigenvalue weighted by Crippen LogP contribution is 2.67. The third-order valence-electron chi connectivity index (χ3n) is 8.07. The molecule has 150 valence electrons. The lowest BCUT2D eigenvalue weighted by atomic mass is 9.45. The second-order valence-electron chi connectivity index (χ2n) is 9.41. The van der Waals surface area contributed by atoms with Gasteiger partial charge in [0.15, 0.2) is 22.9 Å². The molecule has 0 aromatic heterocycles. The summed E-state index contributed by atoms with van der Waals surface area (Å²) < 4.78 is 14.5. The van der Waals surface area contributed by atoms with Gasteiger partial charge in [0, 0.05) is 17.8 Å². The molecule has 0 aromatic rings. The van der Waals surface area contributed by atoms with Gasteiger partial charge in [-0.25, -0.2) is 4.39 Å². The van der Waals surface area contributed by atoms with E-state index < -0.39 is 17.0 Å². The fourth-order valence-corrected chi connectivity index (χ4v) is 7.54. The van der Waals surface area contributed by atoms with Crippen LogP contribution in [0.4, 0.5) is 4.39 Å². The Bertz CT molecular complexity index is 871. The van der Waals surface area contributed by atoms with Crippen molar-refractivity contribution in [2.24, 2.45) is 34.5 Å². The van der Waals surface area contributed by atoms with E-state index in [1.165, 1.54) is 6.92 Å². The quantitative estimate of drug-likeness (QED) is 0.630. The lowest BCUT2D eigenvalue weighted by Gasteiger charge is -2.58. The summed E-state index contributed by atoms with van der Waals surface area (Å²) in [5.74, 6) is 0.00566. The first kappa shape index (κ1) is 19.8. The monoisotopic (exact) mass is 402 g/mol. The predicted molar refractivity (Wildman–Crippen MR) is 108 cm³/mol. The minimum Gasteiger partial charge on any atom is -0.296 e. The van der Waals surface area contributed by atoms with Crippen molar-refractivity contribution in [3.63, 3.8) is 0 Å². The molecule has 4 aliphatic rings. The van der Waals surface area contributed by atoms with Crippen LogP contribution in [0.25, 0.3) is 0 Å². The molecule has 0 spiro atoms. The van der Waals surface area contributed by atoms with E-state index in [-0.39, 0.29) is 40.4 Å². The smallest absolute Gasteiger partial charge is 0.192 e. The number of hydrogen-bond acceptors (Lipinski definition) is 4. The van der Waals surface area contributed by atoms with Crippen molar-refractivity contribution in [1.29, 1.82) is 0 Å². The standard InChI is InChI=1S/C23H27FO3S/c1-11-12(2)19-20(28-13(3)25)17(26)7-9-22(19,4)14-6-8-23(5)15(18(11)14)10-16(24)21(23)27/h7,9,11,14-16,18H,2,6,8,10H2,1,3-5H3/t11-,14+,15+,16-,18-,22-,23+/m1/s1. The highest BCUT2D eigenvalue weighted by Gasteiger charge is 2.63. The molecule has 28 heavy (non-hydrogen) atoms. The maximum Gasteiger partial charge on any atom is 0.192 e. The second-order valence-corrected chi connectivity index (χ2v) is 10.6. The molecular formula is C23H27FO3S. The third kappa shape index (κ3) is 2.44. The topological polar surface area (TPSA) is 51.2 Å². The van der Waals surface area contributed by atoms with Gasteiger partial charge in [0.2, 0.25) is 0 Å². The van der Waals surface area contributed by atoms with Gasteiger partial charge in [-0.2, -0.15) is 0 Å². The van der Waals surface area contributed by atoms with Gasteiger partial charge < -0.3 is 0 Å². The van der Waals surface area contributed by atoms with Crippen LogP contribution in [0.2, 0.25) is 0 Å². The molecule has 3 saturated carbocycles. The van der Waals surface area contributed by atoms with Gasteiger partial charge in [-0.05, 0) is 71.9 Å². The van der Waals surface area contributed by atoms with Gasteiger partial charge in [0.1, 0.15) is 0 Å². The number of halogens is 1. The molecule has 0 radical (unpaired) electrons. The minimum atomic E-state index is -1.37. The zero-order valence-electron chi connectivity index (χ0n) is 16.9. The van der Waals surface area contributed by atoms with E-state index in [1.807, 2.05) is 13.0 Å². The van der Waals surface area contributed by atoms with Crippen LogP contribution in [0.15, 0.2) is 34.8 Å².